The molecule has 8 aliphatic rings. The zero-order valence-electron chi connectivity index (χ0n) is 89.8. The van der Waals surface area contributed by atoms with Gasteiger partial charge >= 0.3 is 0 Å². The first-order valence-corrected chi connectivity index (χ1v) is 54.4. The second-order valence-electron chi connectivity index (χ2n) is 44.5. The van der Waals surface area contributed by atoms with Gasteiger partial charge < -0.3 is 40.0 Å². The third-order valence-electron chi connectivity index (χ3n) is 31.5. The average molecular weight is 1870 g/mol. The van der Waals surface area contributed by atoms with Crippen molar-refractivity contribution >= 4 is 0 Å². The van der Waals surface area contributed by atoms with Gasteiger partial charge in [-0.15, -0.1) is 0 Å². The van der Waals surface area contributed by atoms with Crippen molar-refractivity contribution in [3.63, 3.8) is 0 Å². The van der Waals surface area contributed by atoms with Crippen LogP contribution in [0.5, 0.6) is 0 Å². The van der Waals surface area contributed by atoms with Gasteiger partial charge in [-0.25, -0.2) is 17.6 Å². The van der Waals surface area contributed by atoms with Crippen LogP contribution in [0, 0.1) is 23.3 Å². The van der Waals surface area contributed by atoms with E-state index in [0.29, 0.717) is 83.1 Å². The van der Waals surface area contributed by atoms with Crippen molar-refractivity contribution in [3.05, 3.63) is 282 Å². The van der Waals surface area contributed by atoms with Crippen molar-refractivity contribution in [2.75, 3.05) is 132 Å². The maximum absolute atomic E-state index is 14.2. The molecule has 0 bridgehead atoms. The van der Waals surface area contributed by atoms with Crippen LogP contribution in [0.3, 0.4) is 0 Å². The van der Waals surface area contributed by atoms with E-state index in [-0.39, 0.29) is 23.3 Å². The summed E-state index contributed by atoms with van der Waals surface area (Å²) in [5, 5.41) is 6.73. The van der Waals surface area contributed by atoms with Crippen molar-refractivity contribution in [1.29, 1.82) is 0 Å². The maximum Gasteiger partial charge on any atom is 0.126 e. The van der Waals surface area contributed by atoms with E-state index in [4.69, 9.17) is 0 Å². The molecule has 0 radical (unpaired) electrons. The normalized spacial score (nSPS) is 18.6. The lowest BCUT2D eigenvalue weighted by molar-refractivity contribution is 0.171. The highest BCUT2D eigenvalue weighted by atomic mass is 19.1. The number of nitrogens with zero attached hydrogens (tertiary/aromatic N) is 6. The zero-order valence-corrected chi connectivity index (χ0v) is 89.8. The average Bonchev–Trinajstić information content (AvgIpc) is 0.819. The van der Waals surface area contributed by atoms with Crippen LogP contribution in [0.4, 0.5) is 17.6 Å². The van der Waals surface area contributed by atoms with Crippen LogP contribution in [-0.4, -0.2) is 173 Å². The smallest absolute Gasteiger partial charge is 0.126 e. The summed E-state index contributed by atoms with van der Waals surface area (Å²) in [6, 6.07) is 61.7. The Bertz CT molecular complexity index is 4610. The summed E-state index contributed by atoms with van der Waals surface area (Å²) < 4.78 is 56.5. The predicted octanol–water partition coefficient (Wildman–Crippen LogP) is 31.2. The summed E-state index contributed by atoms with van der Waals surface area (Å²) in [4.78, 5) is 14.8. The largest absolute Gasteiger partial charge is 0.317 e. The Balaban J connectivity index is 0.000000174. The number of hydrogen-bond donors (Lipinski definition) is 2. The molecule has 0 unspecified atom stereocenters. The quantitative estimate of drug-likeness (QED) is 0.0732. The summed E-state index contributed by atoms with van der Waals surface area (Å²) in [5.74, 6) is 8.90. The number of nitrogens with one attached hydrogen (secondary N) is 2. The van der Waals surface area contributed by atoms with Gasteiger partial charge in [-0.3, -0.25) is 0 Å². The number of rotatable bonds is 20. The minimum absolute atomic E-state index is 0.00357. The molecule has 16 rings (SSSR count). The van der Waals surface area contributed by atoms with E-state index in [1.165, 1.54) is 144 Å². The van der Waals surface area contributed by atoms with Gasteiger partial charge in [-0.1, -0.05) is 270 Å². The third kappa shape index (κ3) is 36.0. The van der Waals surface area contributed by atoms with Crippen LogP contribution in [0.1, 0.15) is 439 Å². The monoisotopic (exact) mass is 1870 g/mol. The molecular weight excluding hydrogens is 1680 g/mol. The van der Waals surface area contributed by atoms with Crippen LogP contribution in [0.15, 0.2) is 170 Å². The van der Waals surface area contributed by atoms with E-state index in [2.05, 4.69) is 328 Å². The minimum atomic E-state index is -0.0156. The van der Waals surface area contributed by atoms with Gasteiger partial charge in [-0.2, -0.15) is 0 Å². The van der Waals surface area contributed by atoms with E-state index in [1.54, 1.807) is 35.4 Å². The zero-order chi connectivity index (χ0) is 98.7. The van der Waals surface area contributed by atoms with Crippen molar-refractivity contribution in [2.45, 2.75) is 362 Å². The first kappa shape index (κ1) is 113. The summed E-state index contributed by atoms with van der Waals surface area (Å²) in [6.07, 6.45) is 19.1. The first-order chi connectivity index (χ1) is 65.1. The number of likely N-dealkylation sites (tertiary alicyclic amines) is 6. The molecular formula is C124H188F4N8. The molecule has 0 amide bonds. The van der Waals surface area contributed by atoms with E-state index < -0.39 is 0 Å². The lowest BCUT2D eigenvalue weighted by atomic mass is 9.87. The van der Waals surface area contributed by atoms with Gasteiger partial charge in [0.05, 0.1) is 0 Å². The van der Waals surface area contributed by atoms with E-state index in [9.17, 15) is 17.6 Å². The molecule has 0 aliphatic carbocycles. The fourth-order valence-electron chi connectivity index (χ4n) is 21.1. The highest BCUT2D eigenvalue weighted by molar-refractivity contribution is 5.36. The Morgan fingerprint density at radius 2 is 0.404 bits per heavy atom. The standard InChI is InChI=1S/C17H26FN.C17H27N.C16H24FN.C16H25N.C15H22FN.C15H23N.C14H20FN.C14H21N/c1-12(2)15-5-6-16(17(18)11-15)14-7-9-19(10-8-14)13(3)4;1-13(2)15-5-7-16(8-6-15)17-9-11-18(12-10-17)14(3)4;1-4-18-9-7-13(8-10-18)15-6-5-14(12(2)3)11-16(15)17;1-4-17-11-9-16(10-12-17)15-7-5-14(6-8-15)13(2)3;1-11(2)13-4-5-14(15(16)10-13)12-6-8-17(3)9-7-12;1-12(2)13-4-6-14(7-5-13)15-8-10-16(3)11-9-15;1-10(2)12-3-4-13(14(15)9-12)11-5-7-16-8-6-11;1-11(2)12-3-5-13(6-4-12)14-7-9-15-10-8-14/h5-6,11-14H,7-10H2,1-4H3;5-8,13-14,17H,9-12H2,1-4H3;5-6,11-13H,4,7-10H2,1-3H3;5-8,13,16H,4,9-12H2,1-3H3;4-5,10-12H,6-9H2,1-3H3;4-7,12,15H,8-11H2,1-3H3;3-4,9-11,16H,5-8H2,1-2H3;3-6,11,14-15H,7-10H2,1-2H3. The fraction of sp³-hybridized carbons (Fsp3) is 0.613. The lowest BCUT2D eigenvalue weighted by Gasteiger charge is -2.35. The first-order valence-electron chi connectivity index (χ1n) is 54.4. The van der Waals surface area contributed by atoms with Crippen LogP contribution in [0.2, 0.25) is 0 Å². The minimum Gasteiger partial charge on any atom is -0.317 e. The highest BCUT2D eigenvalue weighted by Crippen LogP contribution is 2.39. The van der Waals surface area contributed by atoms with Crippen LogP contribution >= 0.6 is 0 Å². The van der Waals surface area contributed by atoms with Gasteiger partial charge in [0.2, 0.25) is 0 Å². The molecule has 0 saturated carbocycles. The molecule has 8 aliphatic heterocycles. The molecule has 8 fully saturated rings. The molecule has 136 heavy (non-hydrogen) atoms. The molecule has 12 heteroatoms. The molecule has 752 valence electrons. The Morgan fingerprint density at radius 3 is 0.618 bits per heavy atom. The molecule has 8 aromatic carbocycles. The SMILES string of the molecule is CC(C)c1ccc(C2CCN(C(C)C)CC2)c(F)c1.CC(C)c1ccc(C2CCN(C(C)C)CC2)cc1.CC(C)c1ccc(C2CCN(C)CC2)c(F)c1.CC(C)c1ccc(C2CCN(C)CC2)cc1.CC(C)c1ccc(C2CCNCC2)c(F)c1.CC(C)c1ccc(C2CCNCC2)cc1.CCN1CCC(c2ccc(C(C)C)cc2)CC1.CCN1CCC(c2ccc(C(C)C)cc2F)CC1. The Morgan fingerprint density at radius 1 is 0.228 bits per heavy atom. The van der Waals surface area contributed by atoms with Crippen molar-refractivity contribution < 1.29 is 17.6 Å². The number of benzene rings is 8. The lowest BCUT2D eigenvalue weighted by Crippen LogP contribution is -2.38. The molecule has 8 aromatic rings. The van der Waals surface area contributed by atoms with Gasteiger partial charge in [0.15, 0.2) is 0 Å². The van der Waals surface area contributed by atoms with E-state index in [0.717, 1.165) is 178 Å². The summed E-state index contributed by atoms with van der Waals surface area (Å²) in [6.45, 7) is 69.2. The van der Waals surface area contributed by atoms with Gasteiger partial charge in [-0.05, 0) is 470 Å². The Hall–Kier alpha value is -6.84. The van der Waals surface area contributed by atoms with Crippen molar-refractivity contribution in [1.82, 2.24) is 40.0 Å². The Labute approximate surface area is 828 Å². The van der Waals surface area contributed by atoms with Gasteiger partial charge in [0.25, 0.3) is 0 Å². The summed E-state index contributed by atoms with van der Waals surface area (Å²) in [5.41, 5.74) is 20.0. The fourth-order valence-corrected chi connectivity index (χ4v) is 21.1. The molecule has 8 saturated heterocycles. The van der Waals surface area contributed by atoms with Gasteiger partial charge in [0.1, 0.15) is 23.3 Å². The van der Waals surface area contributed by atoms with E-state index in [1.807, 2.05) is 24.3 Å². The number of hydrogen-bond acceptors (Lipinski definition) is 8. The maximum atomic E-state index is 14.2. The Kier molecular flexibility index (Phi) is 48.0. The van der Waals surface area contributed by atoms with Crippen LogP contribution in [-0.2, 0) is 0 Å². The highest BCUT2D eigenvalue weighted by Gasteiger charge is 2.30. The molecule has 0 spiro atoms. The van der Waals surface area contributed by atoms with Crippen molar-refractivity contribution in [3.8, 4) is 0 Å². The molecule has 0 aromatic heterocycles. The molecule has 2 N–H and O–H groups in total. The summed E-state index contributed by atoms with van der Waals surface area (Å²) in [7, 11) is 4.35. The molecule has 8 nitrogen and oxygen atoms in total. The third-order valence-corrected chi connectivity index (χ3v) is 31.5. The second-order valence-corrected chi connectivity index (χ2v) is 44.5. The topological polar surface area (TPSA) is 43.5 Å². The number of piperidine rings is 8. The second kappa shape index (κ2) is 57.9. The van der Waals surface area contributed by atoms with Crippen molar-refractivity contribution in [2.24, 2.45) is 0 Å². The predicted molar refractivity (Wildman–Crippen MR) is 578 cm³/mol. The molecule has 8 heterocycles. The van der Waals surface area contributed by atoms with Crippen LogP contribution < -0.4 is 10.6 Å². The van der Waals surface area contributed by atoms with Gasteiger partial charge in [0, 0.05) is 12.1 Å². The number of halogens is 4. The van der Waals surface area contributed by atoms with E-state index >= 15 is 0 Å². The molecule has 0 atom stereocenters. The van der Waals surface area contributed by atoms with Crippen LogP contribution in [0.25, 0.3) is 0 Å². The summed E-state index contributed by atoms with van der Waals surface area (Å²) >= 11 is 0.